The van der Waals surface area contributed by atoms with Crippen molar-refractivity contribution in [1.82, 2.24) is 14.9 Å². The molecular formula is C12H12Cl2N4S. The number of hydrogen-bond donors (Lipinski definition) is 1. The fourth-order valence-corrected chi connectivity index (χ4v) is 2.21. The van der Waals surface area contributed by atoms with Crippen LogP contribution in [0.3, 0.4) is 0 Å². The minimum absolute atomic E-state index is 0.463. The van der Waals surface area contributed by atoms with Crippen LogP contribution in [0, 0.1) is 4.77 Å². The normalized spacial score (nSPS) is 11.3. The van der Waals surface area contributed by atoms with Crippen LogP contribution in [-0.4, -0.2) is 21.1 Å². The largest absolute Gasteiger partial charge is 0.250 e. The molecule has 0 saturated carbocycles. The monoisotopic (exact) mass is 314 g/mol. The lowest BCUT2D eigenvalue weighted by atomic mass is 10.2. The van der Waals surface area contributed by atoms with Gasteiger partial charge in [0.25, 0.3) is 0 Å². The molecule has 0 amide bonds. The van der Waals surface area contributed by atoms with E-state index in [1.54, 1.807) is 29.1 Å². The van der Waals surface area contributed by atoms with Crippen molar-refractivity contribution in [3.05, 3.63) is 44.4 Å². The highest BCUT2D eigenvalue weighted by atomic mass is 35.5. The van der Waals surface area contributed by atoms with Crippen LogP contribution in [0.15, 0.2) is 23.3 Å². The molecule has 0 aliphatic carbocycles. The first-order chi connectivity index (χ1) is 9.11. The molecule has 0 fully saturated rings. The van der Waals surface area contributed by atoms with E-state index in [1.807, 2.05) is 0 Å². The number of aromatic amines is 1. The van der Waals surface area contributed by atoms with Gasteiger partial charge in [0.05, 0.1) is 11.2 Å². The van der Waals surface area contributed by atoms with Crippen molar-refractivity contribution in [2.75, 3.05) is 0 Å². The Morgan fingerprint density at radius 3 is 2.95 bits per heavy atom. The van der Waals surface area contributed by atoms with Crippen LogP contribution in [0.1, 0.15) is 24.7 Å². The van der Waals surface area contributed by atoms with Gasteiger partial charge in [-0.15, -0.1) is 0 Å². The summed E-state index contributed by atoms with van der Waals surface area (Å²) in [4.78, 5) is 0. The number of rotatable bonds is 4. The molecule has 1 aromatic carbocycles. The maximum atomic E-state index is 6.08. The topological polar surface area (TPSA) is 46.0 Å². The van der Waals surface area contributed by atoms with E-state index in [4.69, 9.17) is 35.4 Å². The molecule has 1 N–H and O–H groups in total. The Morgan fingerprint density at radius 1 is 1.47 bits per heavy atom. The number of nitrogens with zero attached hydrogens (tertiary/aromatic N) is 3. The Kier molecular flexibility index (Phi) is 4.74. The summed E-state index contributed by atoms with van der Waals surface area (Å²) in [7, 11) is 0. The van der Waals surface area contributed by atoms with Gasteiger partial charge >= 0.3 is 0 Å². The number of aryl methyl sites for hydroxylation is 1. The zero-order valence-corrected chi connectivity index (χ0v) is 12.6. The second-order valence-electron chi connectivity index (χ2n) is 3.92. The van der Waals surface area contributed by atoms with Crippen molar-refractivity contribution < 1.29 is 0 Å². The quantitative estimate of drug-likeness (QED) is 0.682. The van der Waals surface area contributed by atoms with Crippen LogP contribution in [0.4, 0.5) is 0 Å². The molecular weight excluding hydrogens is 303 g/mol. The highest BCUT2D eigenvalue weighted by Gasteiger charge is 2.04. The van der Waals surface area contributed by atoms with Crippen molar-refractivity contribution in [1.29, 1.82) is 0 Å². The minimum Gasteiger partial charge on any atom is -0.250 e. The van der Waals surface area contributed by atoms with Crippen LogP contribution < -0.4 is 0 Å². The number of halogens is 2. The molecule has 100 valence electrons. The van der Waals surface area contributed by atoms with Crippen molar-refractivity contribution in [2.24, 2.45) is 5.10 Å². The first-order valence-electron chi connectivity index (χ1n) is 5.77. The molecule has 0 radical (unpaired) electrons. The summed E-state index contributed by atoms with van der Waals surface area (Å²) in [6.07, 6.45) is 3.42. The predicted molar refractivity (Wildman–Crippen MR) is 80.9 cm³/mol. The van der Waals surface area contributed by atoms with E-state index in [-0.39, 0.29) is 0 Å². The molecule has 0 saturated heterocycles. The van der Waals surface area contributed by atoms with Crippen LogP contribution in [0.5, 0.6) is 0 Å². The van der Waals surface area contributed by atoms with Gasteiger partial charge in [-0.25, -0.2) is 0 Å². The Morgan fingerprint density at radius 2 is 2.26 bits per heavy atom. The Balaban J connectivity index is 2.32. The van der Waals surface area contributed by atoms with Crippen LogP contribution in [0.2, 0.25) is 10.0 Å². The molecule has 0 aliphatic heterocycles. The third-order valence-electron chi connectivity index (χ3n) is 2.47. The molecule has 0 aliphatic rings. The molecule has 4 nitrogen and oxygen atoms in total. The fraction of sp³-hybridized carbons (Fsp3) is 0.250. The molecule has 7 heteroatoms. The van der Waals surface area contributed by atoms with Gasteiger partial charge in [-0.3, -0.25) is 5.10 Å². The van der Waals surface area contributed by atoms with E-state index < -0.39 is 0 Å². The van der Waals surface area contributed by atoms with Gasteiger partial charge < -0.3 is 0 Å². The lowest BCUT2D eigenvalue weighted by Gasteiger charge is -2.00. The summed E-state index contributed by atoms with van der Waals surface area (Å²) in [5, 5.41) is 12.3. The molecule has 0 spiro atoms. The van der Waals surface area contributed by atoms with Crippen molar-refractivity contribution >= 4 is 41.6 Å². The second-order valence-corrected chi connectivity index (χ2v) is 5.15. The van der Waals surface area contributed by atoms with E-state index in [1.165, 1.54) is 0 Å². The summed E-state index contributed by atoms with van der Waals surface area (Å²) in [5.41, 5.74) is 0.775. The van der Waals surface area contributed by atoms with E-state index in [9.17, 15) is 0 Å². The number of H-pyrrole nitrogens is 1. The average molecular weight is 315 g/mol. The third-order valence-corrected chi connectivity index (χ3v) is 3.29. The summed E-state index contributed by atoms with van der Waals surface area (Å²) >= 11 is 17.1. The first-order valence-corrected chi connectivity index (χ1v) is 6.94. The highest BCUT2D eigenvalue weighted by Crippen LogP contribution is 2.19. The Bertz CT molecular complexity index is 660. The van der Waals surface area contributed by atoms with E-state index >= 15 is 0 Å². The molecule has 2 aromatic rings. The molecule has 19 heavy (non-hydrogen) atoms. The maximum absolute atomic E-state index is 6.08. The average Bonchev–Trinajstić information content (AvgIpc) is 2.70. The van der Waals surface area contributed by atoms with E-state index in [0.717, 1.165) is 24.2 Å². The van der Waals surface area contributed by atoms with Gasteiger partial charge in [-0.1, -0.05) is 36.2 Å². The molecule has 1 aromatic heterocycles. The molecule has 2 rings (SSSR count). The lowest BCUT2D eigenvalue weighted by molar-refractivity contribution is 0.740. The second kappa shape index (κ2) is 6.32. The summed E-state index contributed by atoms with van der Waals surface area (Å²) < 4.78 is 2.06. The molecule has 0 bridgehead atoms. The zero-order chi connectivity index (χ0) is 13.8. The number of nitrogens with one attached hydrogen (secondary N) is 1. The SMILES string of the molecule is CCCc1n[nH]c(=S)n1/N=C\c1ccc(Cl)cc1Cl. The van der Waals surface area contributed by atoms with Gasteiger partial charge in [0, 0.05) is 17.0 Å². The standard InChI is InChI=1S/C12H12Cl2N4S/c1-2-3-11-16-17-12(19)18(11)15-7-8-4-5-9(13)6-10(8)14/h4-7H,2-3H2,1H3,(H,17,19)/b15-7-. The number of hydrogen-bond acceptors (Lipinski definition) is 3. The van der Waals surface area contributed by atoms with E-state index in [2.05, 4.69) is 22.2 Å². The summed E-state index contributed by atoms with van der Waals surface area (Å²) in [5.74, 6) is 0.800. The van der Waals surface area contributed by atoms with Crippen LogP contribution in [0.25, 0.3) is 0 Å². The molecule has 1 heterocycles. The van der Waals surface area contributed by atoms with Crippen molar-refractivity contribution in [3.63, 3.8) is 0 Å². The Hall–Kier alpha value is -1.17. The van der Waals surface area contributed by atoms with Gasteiger partial charge in [-0.05, 0) is 30.8 Å². The number of benzene rings is 1. The maximum Gasteiger partial charge on any atom is 0.216 e. The Labute approximate surface area is 126 Å². The molecule has 0 atom stereocenters. The van der Waals surface area contributed by atoms with Crippen LogP contribution >= 0.6 is 35.4 Å². The first kappa shape index (κ1) is 14.2. The van der Waals surface area contributed by atoms with Crippen LogP contribution in [-0.2, 0) is 6.42 Å². The van der Waals surface area contributed by atoms with Gasteiger partial charge in [0.15, 0.2) is 5.82 Å². The third kappa shape index (κ3) is 3.43. The van der Waals surface area contributed by atoms with Crippen molar-refractivity contribution in [2.45, 2.75) is 19.8 Å². The zero-order valence-electron chi connectivity index (χ0n) is 10.2. The highest BCUT2D eigenvalue weighted by molar-refractivity contribution is 7.71. The summed E-state index contributed by atoms with van der Waals surface area (Å²) in [6, 6.07) is 5.24. The van der Waals surface area contributed by atoms with E-state index in [0.29, 0.717) is 14.8 Å². The van der Waals surface area contributed by atoms with Crippen molar-refractivity contribution in [3.8, 4) is 0 Å². The summed E-state index contributed by atoms with van der Waals surface area (Å²) in [6.45, 7) is 2.07. The lowest BCUT2D eigenvalue weighted by Crippen LogP contribution is -1.98. The fourth-order valence-electron chi connectivity index (χ4n) is 1.55. The minimum atomic E-state index is 0.463. The predicted octanol–water partition coefficient (Wildman–Crippen LogP) is 4.08. The number of aromatic nitrogens is 3. The van der Waals surface area contributed by atoms with Gasteiger partial charge in [0.1, 0.15) is 0 Å². The van der Waals surface area contributed by atoms with Gasteiger partial charge in [-0.2, -0.15) is 14.9 Å². The van der Waals surface area contributed by atoms with Gasteiger partial charge in [0.2, 0.25) is 4.77 Å². The smallest absolute Gasteiger partial charge is 0.216 e. The molecule has 0 unspecified atom stereocenters.